The molecule has 1 amide bonds. The average Bonchev–Trinajstić information content (AvgIpc) is 3.16. The second kappa shape index (κ2) is 9.75. The molecule has 0 aromatic heterocycles. The van der Waals surface area contributed by atoms with Crippen LogP contribution >= 0.6 is 0 Å². The lowest BCUT2D eigenvalue weighted by Crippen LogP contribution is -2.49. The van der Waals surface area contributed by atoms with Gasteiger partial charge in [0.1, 0.15) is 12.4 Å². The van der Waals surface area contributed by atoms with Crippen LogP contribution in [0.1, 0.15) is 19.3 Å². The third-order valence-electron chi connectivity index (χ3n) is 5.05. The zero-order valence-corrected chi connectivity index (χ0v) is 15.0. The Morgan fingerprint density at radius 3 is 2.52 bits per heavy atom. The first kappa shape index (κ1) is 18.2. The van der Waals surface area contributed by atoms with Crippen LogP contribution in [-0.4, -0.2) is 68.1 Å². The summed E-state index contributed by atoms with van der Waals surface area (Å²) in [6.07, 6.45) is 2.81. The summed E-state index contributed by atoms with van der Waals surface area (Å²) >= 11 is 0. The summed E-state index contributed by atoms with van der Waals surface area (Å²) < 4.78 is 5.75. The van der Waals surface area contributed by atoms with Crippen molar-refractivity contribution in [2.45, 2.75) is 19.3 Å². The number of hydrazine groups is 1. The zero-order valence-electron chi connectivity index (χ0n) is 15.0. The topological polar surface area (TPSA) is 56.8 Å². The largest absolute Gasteiger partial charge is 0.492 e. The van der Waals surface area contributed by atoms with E-state index < -0.39 is 0 Å². The van der Waals surface area contributed by atoms with E-state index in [1.807, 2.05) is 35.2 Å². The van der Waals surface area contributed by atoms with Gasteiger partial charge in [-0.1, -0.05) is 18.2 Å². The first-order valence-electron chi connectivity index (χ1n) is 9.45. The van der Waals surface area contributed by atoms with Gasteiger partial charge in [-0.25, -0.2) is 0 Å². The molecular weight excluding hydrogens is 316 g/mol. The number of para-hydroxylation sites is 1. The van der Waals surface area contributed by atoms with Gasteiger partial charge in [-0.3, -0.25) is 20.5 Å². The SMILES string of the molecule is O=C(CCCC1CNNC1)N1CCN(CCOc2ccccc2)CC1. The second-order valence-electron chi connectivity index (χ2n) is 6.90. The van der Waals surface area contributed by atoms with E-state index in [4.69, 9.17) is 4.74 Å². The second-order valence-corrected chi connectivity index (χ2v) is 6.90. The van der Waals surface area contributed by atoms with Gasteiger partial charge in [0.2, 0.25) is 5.91 Å². The molecule has 138 valence electrons. The molecule has 6 heteroatoms. The van der Waals surface area contributed by atoms with Crippen LogP contribution in [0.3, 0.4) is 0 Å². The van der Waals surface area contributed by atoms with Gasteiger partial charge >= 0.3 is 0 Å². The molecule has 0 radical (unpaired) electrons. The highest BCUT2D eigenvalue weighted by Crippen LogP contribution is 2.12. The monoisotopic (exact) mass is 346 g/mol. The molecule has 1 aromatic rings. The molecule has 25 heavy (non-hydrogen) atoms. The molecule has 2 saturated heterocycles. The van der Waals surface area contributed by atoms with Gasteiger partial charge in [0, 0.05) is 52.2 Å². The van der Waals surface area contributed by atoms with Crippen LogP contribution in [-0.2, 0) is 4.79 Å². The van der Waals surface area contributed by atoms with Crippen molar-refractivity contribution in [1.29, 1.82) is 0 Å². The average molecular weight is 346 g/mol. The Hall–Kier alpha value is -1.63. The summed E-state index contributed by atoms with van der Waals surface area (Å²) in [6, 6.07) is 9.92. The van der Waals surface area contributed by atoms with E-state index in [1.54, 1.807) is 0 Å². The number of benzene rings is 1. The Labute approximate surface area is 150 Å². The van der Waals surface area contributed by atoms with Crippen molar-refractivity contribution in [2.75, 3.05) is 52.4 Å². The van der Waals surface area contributed by atoms with Crippen LogP contribution < -0.4 is 15.6 Å². The van der Waals surface area contributed by atoms with E-state index >= 15 is 0 Å². The van der Waals surface area contributed by atoms with Crippen molar-refractivity contribution < 1.29 is 9.53 Å². The molecule has 1 aromatic carbocycles. The highest BCUT2D eigenvalue weighted by atomic mass is 16.5. The fraction of sp³-hybridized carbons (Fsp3) is 0.632. The molecule has 0 spiro atoms. The fourth-order valence-electron chi connectivity index (χ4n) is 3.44. The molecule has 2 heterocycles. The van der Waals surface area contributed by atoms with Gasteiger partial charge in [-0.15, -0.1) is 0 Å². The molecule has 6 nitrogen and oxygen atoms in total. The van der Waals surface area contributed by atoms with Crippen LogP contribution in [0.25, 0.3) is 0 Å². The third-order valence-corrected chi connectivity index (χ3v) is 5.05. The minimum absolute atomic E-state index is 0.319. The summed E-state index contributed by atoms with van der Waals surface area (Å²) in [5, 5.41) is 0. The number of amides is 1. The Kier molecular flexibility index (Phi) is 7.09. The molecule has 0 saturated carbocycles. The van der Waals surface area contributed by atoms with Crippen molar-refractivity contribution in [3.8, 4) is 5.75 Å². The van der Waals surface area contributed by atoms with Crippen molar-refractivity contribution in [3.63, 3.8) is 0 Å². The summed E-state index contributed by atoms with van der Waals surface area (Å²) in [6.45, 7) is 7.24. The van der Waals surface area contributed by atoms with E-state index in [2.05, 4.69) is 15.8 Å². The lowest BCUT2D eigenvalue weighted by Gasteiger charge is -2.34. The van der Waals surface area contributed by atoms with Crippen molar-refractivity contribution in [3.05, 3.63) is 30.3 Å². The van der Waals surface area contributed by atoms with Crippen LogP contribution in [0, 0.1) is 5.92 Å². The van der Waals surface area contributed by atoms with Gasteiger partial charge in [0.15, 0.2) is 0 Å². The van der Waals surface area contributed by atoms with Gasteiger partial charge in [0.25, 0.3) is 0 Å². The molecule has 2 aliphatic rings. The van der Waals surface area contributed by atoms with Crippen LogP contribution in [0.2, 0.25) is 0 Å². The number of piperazine rings is 1. The lowest BCUT2D eigenvalue weighted by atomic mass is 10.0. The number of rotatable bonds is 8. The number of nitrogens with one attached hydrogen (secondary N) is 2. The Morgan fingerprint density at radius 1 is 1.08 bits per heavy atom. The summed E-state index contributed by atoms with van der Waals surface area (Å²) in [5.41, 5.74) is 6.29. The maximum absolute atomic E-state index is 12.3. The summed E-state index contributed by atoms with van der Waals surface area (Å²) in [4.78, 5) is 16.7. The Bertz CT molecular complexity index is 511. The normalized spacial score (nSPS) is 19.3. The molecule has 0 unspecified atom stereocenters. The van der Waals surface area contributed by atoms with E-state index in [0.717, 1.165) is 64.4 Å². The smallest absolute Gasteiger partial charge is 0.222 e. The summed E-state index contributed by atoms with van der Waals surface area (Å²) in [5.74, 6) is 1.91. The number of carbonyl (C=O) groups is 1. The predicted octanol–water partition coefficient (Wildman–Crippen LogP) is 1.10. The molecule has 2 N–H and O–H groups in total. The van der Waals surface area contributed by atoms with E-state index in [1.165, 1.54) is 0 Å². The van der Waals surface area contributed by atoms with Crippen molar-refractivity contribution >= 4 is 5.91 Å². The number of ether oxygens (including phenoxy) is 1. The van der Waals surface area contributed by atoms with Crippen molar-refractivity contribution in [1.82, 2.24) is 20.7 Å². The van der Waals surface area contributed by atoms with E-state index in [-0.39, 0.29) is 0 Å². The Balaban J connectivity index is 1.26. The van der Waals surface area contributed by atoms with Crippen LogP contribution in [0.4, 0.5) is 0 Å². The number of nitrogens with zero attached hydrogens (tertiary/aromatic N) is 2. The van der Waals surface area contributed by atoms with E-state index in [0.29, 0.717) is 24.9 Å². The molecule has 2 aliphatic heterocycles. The predicted molar refractivity (Wildman–Crippen MR) is 98.3 cm³/mol. The van der Waals surface area contributed by atoms with Gasteiger partial charge in [-0.05, 0) is 30.9 Å². The number of hydrogen-bond acceptors (Lipinski definition) is 5. The van der Waals surface area contributed by atoms with Gasteiger partial charge < -0.3 is 9.64 Å². The molecule has 0 atom stereocenters. The fourth-order valence-corrected chi connectivity index (χ4v) is 3.44. The minimum Gasteiger partial charge on any atom is -0.492 e. The zero-order chi connectivity index (χ0) is 17.3. The van der Waals surface area contributed by atoms with Gasteiger partial charge in [0.05, 0.1) is 0 Å². The third kappa shape index (κ3) is 5.99. The van der Waals surface area contributed by atoms with Crippen LogP contribution in [0.15, 0.2) is 30.3 Å². The molecule has 2 fully saturated rings. The van der Waals surface area contributed by atoms with Crippen LogP contribution in [0.5, 0.6) is 5.75 Å². The Morgan fingerprint density at radius 2 is 1.80 bits per heavy atom. The highest BCUT2D eigenvalue weighted by molar-refractivity contribution is 5.76. The molecule has 0 aliphatic carbocycles. The first-order valence-corrected chi connectivity index (χ1v) is 9.45. The lowest BCUT2D eigenvalue weighted by molar-refractivity contribution is -0.133. The quantitative estimate of drug-likeness (QED) is 0.738. The first-order chi connectivity index (χ1) is 12.3. The molecule has 3 rings (SSSR count). The molecule has 0 bridgehead atoms. The number of carbonyl (C=O) groups excluding carboxylic acids is 1. The highest BCUT2D eigenvalue weighted by Gasteiger charge is 2.21. The van der Waals surface area contributed by atoms with E-state index in [9.17, 15) is 4.79 Å². The maximum atomic E-state index is 12.3. The number of hydrogen-bond donors (Lipinski definition) is 2. The molecular formula is C19H30N4O2. The summed E-state index contributed by atoms with van der Waals surface area (Å²) in [7, 11) is 0. The van der Waals surface area contributed by atoms with Crippen molar-refractivity contribution in [2.24, 2.45) is 5.92 Å². The standard InChI is InChI=1S/C19H30N4O2/c24-19(8-4-5-17-15-20-21-16-17)23-11-9-22(10-12-23)13-14-25-18-6-2-1-3-7-18/h1-3,6-7,17,20-21H,4-5,8-16H2. The minimum atomic E-state index is 0.319. The van der Waals surface area contributed by atoms with Gasteiger partial charge in [-0.2, -0.15) is 0 Å². The maximum Gasteiger partial charge on any atom is 0.222 e.